The first-order chi connectivity index (χ1) is 16.5. The van der Waals surface area contributed by atoms with Crippen LogP contribution in [0, 0.1) is 0 Å². The van der Waals surface area contributed by atoms with Crippen molar-refractivity contribution in [1.82, 2.24) is 4.90 Å². The molecule has 3 aromatic carbocycles. The van der Waals surface area contributed by atoms with Crippen molar-refractivity contribution < 1.29 is 24.1 Å². The maximum absolute atomic E-state index is 13.5. The second-order valence-corrected chi connectivity index (χ2v) is 9.62. The number of anilines is 1. The van der Waals surface area contributed by atoms with Gasteiger partial charge in [0.15, 0.2) is 11.5 Å². The molecule has 0 saturated carbocycles. The first kappa shape index (κ1) is 22.6. The Morgan fingerprint density at radius 1 is 1.03 bits per heavy atom. The van der Waals surface area contributed by atoms with Crippen molar-refractivity contribution in [2.75, 3.05) is 38.9 Å². The van der Waals surface area contributed by atoms with Crippen LogP contribution in [0.1, 0.15) is 10.8 Å². The number of aliphatic hydroxyl groups is 1. The highest BCUT2D eigenvalue weighted by molar-refractivity contribution is 7.99. The maximum Gasteiger partial charge on any atom is 0.257 e. The highest BCUT2D eigenvalue weighted by Gasteiger charge is 2.38. The Balaban J connectivity index is 1.53. The average molecular weight is 479 g/mol. The predicted molar refractivity (Wildman–Crippen MR) is 131 cm³/mol. The molecule has 3 aromatic rings. The average Bonchev–Trinajstić information content (AvgIpc) is 3.28. The quantitative estimate of drug-likeness (QED) is 0.566. The molecule has 2 aliphatic heterocycles. The first-order valence-corrected chi connectivity index (χ1v) is 11.9. The molecule has 0 bridgehead atoms. The molecule has 0 spiro atoms. The second-order valence-electron chi connectivity index (χ2n) is 8.43. The minimum Gasteiger partial charge on any atom is -0.457 e. The molecule has 0 aliphatic carbocycles. The van der Waals surface area contributed by atoms with E-state index in [4.69, 9.17) is 14.2 Å². The summed E-state index contributed by atoms with van der Waals surface area (Å²) >= 11 is 1.45. The van der Waals surface area contributed by atoms with Gasteiger partial charge in [0.05, 0.1) is 10.9 Å². The molecule has 5 rings (SSSR count). The number of nitrogens with zero attached hydrogens (tertiary/aromatic N) is 2. The number of benzene rings is 3. The van der Waals surface area contributed by atoms with Crippen LogP contribution in [0.5, 0.6) is 23.0 Å². The number of aliphatic hydroxyl groups excluding tert-OH is 1. The van der Waals surface area contributed by atoms with Crippen LogP contribution in [-0.4, -0.2) is 56.0 Å². The van der Waals surface area contributed by atoms with E-state index < -0.39 is 11.4 Å². The minimum atomic E-state index is -1.22. The summed E-state index contributed by atoms with van der Waals surface area (Å²) in [5.41, 5.74) is 1.56. The van der Waals surface area contributed by atoms with Gasteiger partial charge in [-0.3, -0.25) is 4.79 Å². The number of carbonyl (C=O) groups excluding carboxylic acids is 1. The lowest BCUT2D eigenvalue weighted by atomic mass is 10.1. The van der Waals surface area contributed by atoms with Gasteiger partial charge in [0.25, 0.3) is 5.91 Å². The Morgan fingerprint density at radius 3 is 2.62 bits per heavy atom. The fraction of sp³-hybridized carbons (Fsp3) is 0.269. The Hall–Kier alpha value is -3.20. The molecule has 0 aromatic heterocycles. The van der Waals surface area contributed by atoms with Gasteiger partial charge in [0.2, 0.25) is 6.79 Å². The molecule has 2 aliphatic rings. The molecule has 2 heterocycles. The lowest BCUT2D eigenvalue weighted by Crippen LogP contribution is -2.43. The molecule has 0 fully saturated rings. The van der Waals surface area contributed by atoms with E-state index in [1.165, 1.54) is 11.8 Å². The number of rotatable bonds is 6. The van der Waals surface area contributed by atoms with Gasteiger partial charge >= 0.3 is 0 Å². The van der Waals surface area contributed by atoms with Crippen LogP contribution in [0.2, 0.25) is 0 Å². The third-order valence-corrected chi connectivity index (χ3v) is 7.12. The lowest BCUT2D eigenvalue weighted by molar-refractivity contribution is -0.126. The standard InChI is InChI=1S/C26H26N2O5S/c1-27(2)12-13-28-20-10-9-19(33-18-6-4-3-5-7-18)15-23(20)34-25(24(29)26(28)30)17-8-11-21-22(14-17)32-16-31-21/h3-11,14-15,24-25,29H,12-13,16H2,1-2H3/t24-,25+/m0/s1. The summed E-state index contributed by atoms with van der Waals surface area (Å²) in [5, 5.41) is 10.7. The fourth-order valence-electron chi connectivity index (χ4n) is 3.98. The van der Waals surface area contributed by atoms with Crippen molar-refractivity contribution >= 4 is 23.4 Å². The van der Waals surface area contributed by atoms with Crippen LogP contribution in [0.15, 0.2) is 71.6 Å². The number of likely N-dealkylation sites (N-methyl/N-ethyl adjacent to an activating group) is 1. The third kappa shape index (κ3) is 4.57. The van der Waals surface area contributed by atoms with Crippen molar-refractivity contribution in [2.24, 2.45) is 0 Å². The van der Waals surface area contributed by atoms with Gasteiger partial charge in [-0.05, 0) is 62.1 Å². The van der Waals surface area contributed by atoms with Crippen LogP contribution in [0.3, 0.4) is 0 Å². The van der Waals surface area contributed by atoms with E-state index >= 15 is 0 Å². The van der Waals surface area contributed by atoms with Crippen molar-refractivity contribution in [1.29, 1.82) is 0 Å². The zero-order valence-corrected chi connectivity index (χ0v) is 19.8. The van der Waals surface area contributed by atoms with Crippen molar-refractivity contribution in [3.63, 3.8) is 0 Å². The normalized spacial score (nSPS) is 19.2. The summed E-state index contributed by atoms with van der Waals surface area (Å²) in [4.78, 5) is 18.0. The zero-order chi connectivity index (χ0) is 23.7. The first-order valence-electron chi connectivity index (χ1n) is 11.1. The second kappa shape index (κ2) is 9.58. The molecular formula is C26H26N2O5S. The van der Waals surface area contributed by atoms with Crippen LogP contribution in [-0.2, 0) is 4.79 Å². The number of hydrogen-bond donors (Lipinski definition) is 1. The summed E-state index contributed by atoms with van der Waals surface area (Å²) in [6.07, 6.45) is -1.22. The minimum absolute atomic E-state index is 0.166. The summed E-state index contributed by atoms with van der Waals surface area (Å²) in [5.74, 6) is 2.35. The highest BCUT2D eigenvalue weighted by atomic mass is 32.2. The molecule has 34 heavy (non-hydrogen) atoms. The summed E-state index contributed by atoms with van der Waals surface area (Å²) in [6, 6.07) is 20.8. The molecule has 0 radical (unpaired) electrons. The van der Waals surface area contributed by atoms with Gasteiger partial charge in [-0.2, -0.15) is 0 Å². The number of ether oxygens (including phenoxy) is 3. The molecule has 1 N–H and O–H groups in total. The SMILES string of the molecule is CN(C)CCN1C(=O)[C@@H](O)[C@@H](c2ccc3c(c2)OCO3)Sc2cc(Oc3ccccc3)ccc21. The Bertz CT molecular complexity index is 1190. The topological polar surface area (TPSA) is 71.5 Å². The van der Waals surface area contributed by atoms with E-state index in [-0.39, 0.29) is 12.7 Å². The van der Waals surface area contributed by atoms with E-state index in [0.29, 0.717) is 30.3 Å². The number of para-hydroxylation sites is 1. The highest BCUT2D eigenvalue weighted by Crippen LogP contribution is 2.48. The van der Waals surface area contributed by atoms with Gasteiger partial charge in [0, 0.05) is 18.0 Å². The van der Waals surface area contributed by atoms with Gasteiger partial charge in [-0.1, -0.05) is 24.3 Å². The van der Waals surface area contributed by atoms with E-state index in [0.717, 1.165) is 21.9 Å². The van der Waals surface area contributed by atoms with Gasteiger partial charge in [0.1, 0.15) is 17.6 Å². The van der Waals surface area contributed by atoms with E-state index in [1.807, 2.05) is 85.7 Å². The molecule has 1 amide bonds. The van der Waals surface area contributed by atoms with Crippen LogP contribution >= 0.6 is 11.8 Å². The Labute approximate surface area is 202 Å². The molecule has 2 atom stereocenters. The lowest BCUT2D eigenvalue weighted by Gasteiger charge is -2.26. The summed E-state index contributed by atoms with van der Waals surface area (Å²) in [6.45, 7) is 1.29. The van der Waals surface area contributed by atoms with Crippen molar-refractivity contribution in [3.8, 4) is 23.0 Å². The van der Waals surface area contributed by atoms with Gasteiger partial charge in [-0.15, -0.1) is 11.8 Å². The van der Waals surface area contributed by atoms with E-state index in [1.54, 1.807) is 4.90 Å². The summed E-state index contributed by atoms with van der Waals surface area (Å²) in [7, 11) is 3.92. The maximum atomic E-state index is 13.5. The van der Waals surface area contributed by atoms with Crippen LogP contribution in [0.4, 0.5) is 5.69 Å². The fourth-order valence-corrected chi connectivity index (χ4v) is 5.26. The largest absolute Gasteiger partial charge is 0.457 e. The number of fused-ring (bicyclic) bond motifs is 2. The zero-order valence-electron chi connectivity index (χ0n) is 19.0. The van der Waals surface area contributed by atoms with Crippen LogP contribution < -0.4 is 19.1 Å². The van der Waals surface area contributed by atoms with Crippen molar-refractivity contribution in [3.05, 3.63) is 72.3 Å². The number of carbonyl (C=O) groups is 1. The molecule has 8 heteroatoms. The molecule has 7 nitrogen and oxygen atoms in total. The van der Waals surface area contributed by atoms with Gasteiger partial charge in [-0.25, -0.2) is 0 Å². The summed E-state index contributed by atoms with van der Waals surface area (Å²) < 4.78 is 17.0. The van der Waals surface area contributed by atoms with E-state index in [2.05, 4.69) is 0 Å². The predicted octanol–water partition coefficient (Wildman–Crippen LogP) is 4.31. The smallest absolute Gasteiger partial charge is 0.257 e. The number of thioether (sulfide) groups is 1. The molecule has 176 valence electrons. The molecular weight excluding hydrogens is 452 g/mol. The van der Waals surface area contributed by atoms with Crippen LogP contribution in [0.25, 0.3) is 0 Å². The van der Waals surface area contributed by atoms with E-state index in [9.17, 15) is 9.90 Å². The monoisotopic (exact) mass is 478 g/mol. The number of hydrogen-bond acceptors (Lipinski definition) is 7. The van der Waals surface area contributed by atoms with Crippen molar-refractivity contribution in [2.45, 2.75) is 16.2 Å². The molecule has 0 saturated heterocycles. The third-order valence-electron chi connectivity index (χ3n) is 5.76. The Morgan fingerprint density at radius 2 is 1.82 bits per heavy atom. The Kier molecular flexibility index (Phi) is 6.36. The molecule has 0 unspecified atom stereocenters. The number of amides is 1. The van der Waals surface area contributed by atoms with Gasteiger partial charge < -0.3 is 29.1 Å².